The van der Waals surface area contributed by atoms with Gasteiger partial charge in [-0.3, -0.25) is 0 Å². The quantitative estimate of drug-likeness (QED) is 0.295. The van der Waals surface area contributed by atoms with Crippen LogP contribution in [0.5, 0.6) is 0 Å². The average molecular weight is 527 g/mol. The minimum atomic E-state index is 1.01. The molecule has 5 saturated carbocycles. The van der Waals surface area contributed by atoms with Crippen molar-refractivity contribution in [3.63, 3.8) is 0 Å². The van der Waals surface area contributed by atoms with E-state index in [9.17, 15) is 0 Å². The molecule has 0 N–H and O–H groups in total. The van der Waals surface area contributed by atoms with Gasteiger partial charge in [-0.05, 0) is 97.2 Å². The van der Waals surface area contributed by atoms with Gasteiger partial charge in [0.1, 0.15) is 0 Å². The van der Waals surface area contributed by atoms with Crippen LogP contribution in [0.3, 0.4) is 0 Å². The van der Waals surface area contributed by atoms with Crippen molar-refractivity contribution in [1.29, 1.82) is 0 Å². The molecule has 0 amide bonds. The third kappa shape index (κ3) is 8.75. The van der Waals surface area contributed by atoms with Crippen LogP contribution in [0.2, 0.25) is 0 Å². The maximum atomic E-state index is 2.60. The van der Waals surface area contributed by atoms with Crippen LogP contribution >= 0.6 is 0 Å². The summed E-state index contributed by atoms with van der Waals surface area (Å²) in [6.45, 7) is 12.3. The maximum absolute atomic E-state index is 2.60. The smallest absolute Gasteiger partial charge is 0.0324 e. The summed E-state index contributed by atoms with van der Waals surface area (Å²) < 4.78 is 0. The zero-order chi connectivity index (χ0) is 26.9. The van der Waals surface area contributed by atoms with Crippen molar-refractivity contribution < 1.29 is 0 Å². The van der Waals surface area contributed by atoms with E-state index in [0.29, 0.717) is 0 Å². The molecule has 5 atom stereocenters. The Kier molecular flexibility index (Phi) is 12.9. The molecule has 0 spiro atoms. The summed E-state index contributed by atoms with van der Waals surface area (Å²) in [5.74, 6) is 11.8. The molecule has 0 aromatic rings. The Morgan fingerprint density at radius 3 is 1.66 bits per heavy atom. The Bertz CT molecular complexity index is 612. The van der Waals surface area contributed by atoms with Gasteiger partial charge in [-0.2, -0.15) is 0 Å². The van der Waals surface area contributed by atoms with Gasteiger partial charge in [-0.15, -0.1) is 0 Å². The summed E-state index contributed by atoms with van der Waals surface area (Å²) in [7, 11) is 0. The highest BCUT2D eigenvalue weighted by Gasteiger charge is 2.47. The number of fused-ring (bicyclic) bond motifs is 1. The van der Waals surface area contributed by atoms with Crippen LogP contribution in [0.4, 0.5) is 0 Å². The van der Waals surface area contributed by atoms with Crippen molar-refractivity contribution in [2.75, 3.05) is 0 Å². The zero-order valence-corrected chi connectivity index (χ0v) is 26.9. The highest BCUT2D eigenvalue weighted by atomic mass is 14.5. The predicted molar refractivity (Wildman–Crippen MR) is 168 cm³/mol. The SMILES string of the molecule is CCC1CCC(CCC2CCC(C)CC2)CC1.CCCCC1C(C)CC2CCCC2C1C1CCC(C)CC1. The molecule has 0 heteroatoms. The van der Waals surface area contributed by atoms with Gasteiger partial charge in [0.2, 0.25) is 0 Å². The molecule has 0 aromatic carbocycles. The fraction of sp³-hybridized carbons (Fsp3) is 1.00. The number of rotatable bonds is 8. The van der Waals surface area contributed by atoms with Gasteiger partial charge in [0.05, 0.1) is 0 Å². The molecule has 0 aliphatic heterocycles. The van der Waals surface area contributed by atoms with E-state index in [1.165, 1.54) is 77.0 Å². The number of unbranched alkanes of at least 4 members (excludes halogenated alkanes) is 1. The normalized spacial score (nSPS) is 43.7. The molecular formula is C38H70. The first-order valence-corrected chi connectivity index (χ1v) is 18.5. The Hall–Kier alpha value is 0. The lowest BCUT2D eigenvalue weighted by molar-refractivity contribution is -0.00156. The van der Waals surface area contributed by atoms with E-state index >= 15 is 0 Å². The second-order valence-electron chi connectivity index (χ2n) is 16.0. The lowest BCUT2D eigenvalue weighted by Crippen LogP contribution is -2.42. The van der Waals surface area contributed by atoms with E-state index in [4.69, 9.17) is 0 Å². The molecule has 0 nitrogen and oxygen atoms in total. The molecule has 0 saturated heterocycles. The van der Waals surface area contributed by atoms with Crippen LogP contribution in [0.15, 0.2) is 0 Å². The summed E-state index contributed by atoms with van der Waals surface area (Å²) in [6, 6.07) is 0. The fourth-order valence-corrected chi connectivity index (χ4v) is 10.5. The van der Waals surface area contributed by atoms with Gasteiger partial charge in [0.15, 0.2) is 0 Å². The molecule has 0 aromatic heterocycles. The molecule has 38 heavy (non-hydrogen) atoms. The van der Waals surface area contributed by atoms with Crippen molar-refractivity contribution in [1.82, 2.24) is 0 Å². The molecule has 222 valence electrons. The monoisotopic (exact) mass is 527 g/mol. The molecule has 5 fully saturated rings. The first-order valence-electron chi connectivity index (χ1n) is 18.5. The van der Waals surface area contributed by atoms with E-state index < -0.39 is 0 Å². The lowest BCUT2D eigenvalue weighted by Gasteiger charge is -2.49. The van der Waals surface area contributed by atoms with Gasteiger partial charge in [0, 0.05) is 0 Å². The Morgan fingerprint density at radius 1 is 0.526 bits per heavy atom. The molecule has 0 radical (unpaired) electrons. The van der Waals surface area contributed by atoms with E-state index in [1.54, 1.807) is 64.2 Å². The minimum Gasteiger partial charge on any atom is -0.0654 e. The molecule has 5 aliphatic carbocycles. The molecule has 0 heterocycles. The van der Waals surface area contributed by atoms with Gasteiger partial charge in [-0.25, -0.2) is 0 Å². The van der Waals surface area contributed by atoms with E-state index in [0.717, 1.165) is 65.1 Å². The van der Waals surface area contributed by atoms with Crippen molar-refractivity contribution in [3.8, 4) is 0 Å². The summed E-state index contributed by atoms with van der Waals surface area (Å²) in [6.07, 6.45) is 33.6. The van der Waals surface area contributed by atoms with E-state index in [-0.39, 0.29) is 0 Å². The zero-order valence-electron chi connectivity index (χ0n) is 26.9. The van der Waals surface area contributed by atoms with Crippen LogP contribution in [0, 0.1) is 65.1 Å². The summed E-state index contributed by atoms with van der Waals surface area (Å²) in [4.78, 5) is 0. The number of hydrogen-bond donors (Lipinski definition) is 0. The Morgan fingerprint density at radius 2 is 1.08 bits per heavy atom. The van der Waals surface area contributed by atoms with Gasteiger partial charge < -0.3 is 0 Å². The van der Waals surface area contributed by atoms with Gasteiger partial charge in [-0.1, -0.05) is 144 Å². The van der Waals surface area contributed by atoms with Crippen LogP contribution in [-0.4, -0.2) is 0 Å². The van der Waals surface area contributed by atoms with Crippen LogP contribution in [0.25, 0.3) is 0 Å². The lowest BCUT2D eigenvalue weighted by atomic mass is 9.56. The highest BCUT2D eigenvalue weighted by Crippen LogP contribution is 2.56. The first-order chi connectivity index (χ1) is 18.5. The summed E-state index contributed by atoms with van der Waals surface area (Å²) in [5.41, 5.74) is 0. The minimum absolute atomic E-state index is 1.01. The van der Waals surface area contributed by atoms with Crippen molar-refractivity contribution >= 4 is 0 Å². The largest absolute Gasteiger partial charge is 0.0654 e. The summed E-state index contributed by atoms with van der Waals surface area (Å²) >= 11 is 0. The molecule has 5 unspecified atom stereocenters. The molecular weight excluding hydrogens is 456 g/mol. The topological polar surface area (TPSA) is 0 Å². The summed E-state index contributed by atoms with van der Waals surface area (Å²) in [5, 5.41) is 0. The second-order valence-corrected chi connectivity index (χ2v) is 16.0. The standard InChI is InChI=1S/C21H38.C17H32/c1-4-5-8-19-16(3)14-18-7-6-9-20(18)21(19)17-12-10-15(2)11-13-17;1-3-15-8-10-17(11-9-15)13-12-16-6-4-14(2)5-7-16/h15-21H,4-14H2,1-3H3;14-17H,3-13H2,1-2H3. The van der Waals surface area contributed by atoms with Crippen LogP contribution in [-0.2, 0) is 0 Å². The van der Waals surface area contributed by atoms with Crippen molar-refractivity contribution in [2.24, 2.45) is 65.1 Å². The molecule has 5 aliphatic rings. The first kappa shape index (κ1) is 30.9. The van der Waals surface area contributed by atoms with E-state index in [1.807, 2.05) is 0 Å². The maximum Gasteiger partial charge on any atom is -0.0324 e. The van der Waals surface area contributed by atoms with Crippen molar-refractivity contribution in [2.45, 2.75) is 176 Å². The van der Waals surface area contributed by atoms with Crippen LogP contribution < -0.4 is 0 Å². The Balaban J connectivity index is 0.000000181. The average Bonchev–Trinajstić information content (AvgIpc) is 3.40. The van der Waals surface area contributed by atoms with Crippen molar-refractivity contribution in [3.05, 3.63) is 0 Å². The highest BCUT2D eigenvalue weighted by molar-refractivity contribution is 4.97. The van der Waals surface area contributed by atoms with Gasteiger partial charge >= 0.3 is 0 Å². The third-order valence-electron chi connectivity index (χ3n) is 13.3. The fourth-order valence-electron chi connectivity index (χ4n) is 10.5. The van der Waals surface area contributed by atoms with E-state index in [2.05, 4.69) is 34.6 Å². The van der Waals surface area contributed by atoms with Crippen LogP contribution in [0.1, 0.15) is 176 Å². The Labute approximate surface area is 240 Å². The predicted octanol–water partition coefficient (Wildman–Crippen LogP) is 12.5. The third-order valence-corrected chi connectivity index (χ3v) is 13.3. The number of hydrogen-bond acceptors (Lipinski definition) is 0. The van der Waals surface area contributed by atoms with Gasteiger partial charge in [0.25, 0.3) is 0 Å². The second kappa shape index (κ2) is 15.9. The molecule has 5 rings (SSSR count). The molecule has 0 bridgehead atoms.